The van der Waals surface area contributed by atoms with Crippen molar-refractivity contribution >= 4 is 6.47 Å². The lowest BCUT2D eigenvalue weighted by Gasteiger charge is -2.05. The van der Waals surface area contributed by atoms with E-state index >= 15 is 0 Å². The van der Waals surface area contributed by atoms with Gasteiger partial charge in [0.1, 0.15) is 0 Å². The topological polar surface area (TPSA) is 37.3 Å². The predicted molar refractivity (Wildman–Crippen MR) is 54.9 cm³/mol. The van der Waals surface area contributed by atoms with E-state index < -0.39 is 0 Å². The molecule has 1 N–H and O–H groups in total. The zero-order valence-corrected chi connectivity index (χ0v) is 8.50. The fourth-order valence-corrected chi connectivity index (χ4v) is 1.77. The summed E-state index contributed by atoms with van der Waals surface area (Å²) < 4.78 is 0. The van der Waals surface area contributed by atoms with Gasteiger partial charge in [-0.05, 0) is 0 Å². The van der Waals surface area contributed by atoms with E-state index in [0.29, 0.717) is 0 Å². The van der Waals surface area contributed by atoms with Gasteiger partial charge in [0.2, 0.25) is 0 Å². The standard InChI is InChI=1S/C10H20.CH2O2/c1-2-4-6-8-10-9-7-5-3-1;2-1-3/h1-10H2;1H,(H,2,3). The Morgan fingerprint density at radius 1 is 0.615 bits per heavy atom. The summed E-state index contributed by atoms with van der Waals surface area (Å²) >= 11 is 0. The molecular formula is C11H22O2. The molecule has 2 heteroatoms. The number of hydrogen-bond acceptors (Lipinski definition) is 1. The van der Waals surface area contributed by atoms with Crippen molar-refractivity contribution < 1.29 is 9.90 Å². The minimum atomic E-state index is -0.250. The Morgan fingerprint density at radius 2 is 0.692 bits per heavy atom. The Labute approximate surface area is 81.3 Å². The first-order chi connectivity index (χ1) is 6.41. The van der Waals surface area contributed by atoms with Gasteiger partial charge < -0.3 is 5.11 Å². The zero-order chi connectivity index (χ0) is 9.78. The van der Waals surface area contributed by atoms with Crippen LogP contribution in [0, 0.1) is 0 Å². The minimum absolute atomic E-state index is 0.250. The van der Waals surface area contributed by atoms with Crippen molar-refractivity contribution in [2.75, 3.05) is 0 Å². The van der Waals surface area contributed by atoms with Crippen LogP contribution in [0.25, 0.3) is 0 Å². The molecular weight excluding hydrogens is 164 g/mol. The van der Waals surface area contributed by atoms with Gasteiger partial charge in [-0.3, -0.25) is 4.79 Å². The van der Waals surface area contributed by atoms with Gasteiger partial charge in [-0.2, -0.15) is 0 Å². The third kappa shape index (κ3) is 11.5. The number of carbonyl (C=O) groups is 1. The minimum Gasteiger partial charge on any atom is -0.483 e. The molecule has 13 heavy (non-hydrogen) atoms. The maximum atomic E-state index is 8.36. The smallest absolute Gasteiger partial charge is 0.290 e. The van der Waals surface area contributed by atoms with E-state index in [1.165, 1.54) is 64.2 Å². The van der Waals surface area contributed by atoms with Crippen molar-refractivity contribution in [3.63, 3.8) is 0 Å². The molecule has 0 aromatic rings. The second-order valence-corrected chi connectivity index (χ2v) is 3.64. The molecule has 0 aromatic carbocycles. The SMILES string of the molecule is C1CCCCCCCCC1.O=CO. The molecule has 1 saturated carbocycles. The quantitative estimate of drug-likeness (QED) is 0.587. The first-order valence-corrected chi connectivity index (χ1v) is 5.49. The summed E-state index contributed by atoms with van der Waals surface area (Å²) in [6.45, 7) is -0.250. The first-order valence-electron chi connectivity index (χ1n) is 5.49. The Morgan fingerprint density at radius 3 is 0.769 bits per heavy atom. The number of carboxylic acid groups (broad SMARTS) is 1. The van der Waals surface area contributed by atoms with Gasteiger partial charge >= 0.3 is 0 Å². The van der Waals surface area contributed by atoms with Crippen LogP contribution in [0.5, 0.6) is 0 Å². The van der Waals surface area contributed by atoms with Crippen LogP contribution < -0.4 is 0 Å². The third-order valence-corrected chi connectivity index (χ3v) is 2.50. The van der Waals surface area contributed by atoms with Crippen molar-refractivity contribution in [1.82, 2.24) is 0 Å². The molecule has 0 radical (unpaired) electrons. The largest absolute Gasteiger partial charge is 0.483 e. The van der Waals surface area contributed by atoms with Crippen LogP contribution >= 0.6 is 0 Å². The van der Waals surface area contributed by atoms with E-state index in [1.54, 1.807) is 0 Å². The summed E-state index contributed by atoms with van der Waals surface area (Å²) in [7, 11) is 0. The van der Waals surface area contributed by atoms with E-state index in [-0.39, 0.29) is 6.47 Å². The Balaban J connectivity index is 0.000000424. The van der Waals surface area contributed by atoms with Crippen LogP contribution in [0.1, 0.15) is 64.2 Å². The molecule has 0 amide bonds. The van der Waals surface area contributed by atoms with Gasteiger partial charge in [0.25, 0.3) is 6.47 Å². The fourth-order valence-electron chi connectivity index (χ4n) is 1.77. The molecule has 2 nitrogen and oxygen atoms in total. The molecule has 0 saturated heterocycles. The van der Waals surface area contributed by atoms with Crippen molar-refractivity contribution in [1.29, 1.82) is 0 Å². The molecule has 0 bridgehead atoms. The molecule has 0 heterocycles. The van der Waals surface area contributed by atoms with Crippen molar-refractivity contribution in [2.45, 2.75) is 64.2 Å². The number of hydrogen-bond donors (Lipinski definition) is 1. The highest BCUT2D eigenvalue weighted by atomic mass is 16.3. The van der Waals surface area contributed by atoms with Gasteiger partial charge in [0.05, 0.1) is 0 Å². The van der Waals surface area contributed by atoms with Gasteiger partial charge in [-0.1, -0.05) is 64.2 Å². The highest BCUT2D eigenvalue weighted by molar-refractivity contribution is 5.32. The average Bonchev–Trinajstić information content (AvgIpc) is 2.16. The molecule has 0 atom stereocenters. The lowest BCUT2D eigenvalue weighted by atomic mass is 10.0. The van der Waals surface area contributed by atoms with Crippen LogP contribution in [-0.2, 0) is 4.79 Å². The summed E-state index contributed by atoms with van der Waals surface area (Å²) in [4.78, 5) is 8.36. The molecule has 0 unspecified atom stereocenters. The Kier molecular flexibility index (Phi) is 11.0. The summed E-state index contributed by atoms with van der Waals surface area (Å²) in [5.41, 5.74) is 0. The second-order valence-electron chi connectivity index (χ2n) is 3.64. The van der Waals surface area contributed by atoms with Crippen molar-refractivity contribution in [2.24, 2.45) is 0 Å². The average molecular weight is 186 g/mol. The summed E-state index contributed by atoms with van der Waals surface area (Å²) in [5.74, 6) is 0. The van der Waals surface area contributed by atoms with Crippen LogP contribution in [0.15, 0.2) is 0 Å². The third-order valence-electron chi connectivity index (χ3n) is 2.50. The van der Waals surface area contributed by atoms with Gasteiger partial charge in [0, 0.05) is 0 Å². The van der Waals surface area contributed by atoms with Crippen molar-refractivity contribution in [3.8, 4) is 0 Å². The van der Waals surface area contributed by atoms with Gasteiger partial charge in [-0.25, -0.2) is 0 Å². The maximum absolute atomic E-state index is 8.36. The van der Waals surface area contributed by atoms with Gasteiger partial charge in [-0.15, -0.1) is 0 Å². The zero-order valence-electron chi connectivity index (χ0n) is 8.50. The highest BCUT2D eigenvalue weighted by Gasteiger charge is 1.95. The van der Waals surface area contributed by atoms with Crippen LogP contribution in [0.4, 0.5) is 0 Å². The normalized spacial score (nSPS) is 19.4. The molecule has 1 fully saturated rings. The highest BCUT2D eigenvalue weighted by Crippen LogP contribution is 2.15. The Bertz CT molecular complexity index is 69.0. The molecule has 1 rings (SSSR count). The van der Waals surface area contributed by atoms with E-state index in [1.807, 2.05) is 0 Å². The van der Waals surface area contributed by atoms with E-state index in [0.717, 1.165) is 0 Å². The van der Waals surface area contributed by atoms with E-state index in [2.05, 4.69) is 0 Å². The predicted octanol–water partition coefficient (Wildman–Crippen LogP) is 3.60. The fraction of sp³-hybridized carbons (Fsp3) is 0.909. The lowest BCUT2D eigenvalue weighted by molar-refractivity contribution is -0.122. The molecule has 0 spiro atoms. The summed E-state index contributed by atoms with van der Waals surface area (Å²) in [6.07, 6.45) is 15.0. The molecule has 1 aliphatic rings. The van der Waals surface area contributed by atoms with Crippen LogP contribution in [-0.4, -0.2) is 11.6 Å². The second kappa shape index (κ2) is 11.5. The summed E-state index contributed by atoms with van der Waals surface area (Å²) in [6, 6.07) is 0. The molecule has 0 aromatic heterocycles. The van der Waals surface area contributed by atoms with Gasteiger partial charge in [0.15, 0.2) is 0 Å². The van der Waals surface area contributed by atoms with E-state index in [4.69, 9.17) is 9.90 Å². The lowest BCUT2D eigenvalue weighted by Crippen LogP contribution is -1.85. The maximum Gasteiger partial charge on any atom is 0.290 e. The number of rotatable bonds is 0. The summed E-state index contributed by atoms with van der Waals surface area (Å²) in [5, 5.41) is 6.89. The first kappa shape index (κ1) is 12.5. The van der Waals surface area contributed by atoms with E-state index in [9.17, 15) is 0 Å². The molecule has 0 aliphatic heterocycles. The molecule has 78 valence electrons. The van der Waals surface area contributed by atoms with Crippen molar-refractivity contribution in [3.05, 3.63) is 0 Å². The molecule has 1 aliphatic carbocycles. The Hall–Kier alpha value is -0.530. The van der Waals surface area contributed by atoms with Crippen LogP contribution in [0.3, 0.4) is 0 Å². The van der Waals surface area contributed by atoms with Crippen LogP contribution in [0.2, 0.25) is 0 Å². The monoisotopic (exact) mass is 186 g/mol.